The second-order valence-corrected chi connectivity index (χ2v) is 5.52. The topological polar surface area (TPSA) is 76.1 Å². The van der Waals surface area contributed by atoms with Crippen LogP contribution in [0, 0.1) is 11.6 Å². The van der Waals surface area contributed by atoms with Crippen molar-refractivity contribution in [1.82, 2.24) is 10.2 Å². The summed E-state index contributed by atoms with van der Waals surface area (Å²) in [5.74, 6) is -0.864. The average molecular weight is 370 g/mol. The molecule has 0 radical (unpaired) electrons. The molecule has 1 amide bonds. The quantitative estimate of drug-likeness (QED) is 0.660. The molecule has 8 heteroatoms. The van der Waals surface area contributed by atoms with Crippen LogP contribution >= 0.6 is 0 Å². The van der Waals surface area contributed by atoms with Crippen LogP contribution in [0.15, 0.2) is 60.7 Å². The fourth-order valence-electron chi connectivity index (χ4n) is 2.17. The molecular weight excluding hydrogens is 354 g/mol. The Morgan fingerprint density at radius 1 is 0.926 bits per heavy atom. The van der Waals surface area contributed by atoms with Crippen molar-refractivity contribution in [1.29, 1.82) is 0 Å². The number of aromatic nitrogens is 2. The van der Waals surface area contributed by atoms with Crippen LogP contribution in [0.1, 0.15) is 6.42 Å². The van der Waals surface area contributed by atoms with Gasteiger partial charge in [0.25, 0.3) is 0 Å². The van der Waals surface area contributed by atoms with Crippen molar-refractivity contribution in [3.8, 4) is 5.75 Å². The van der Waals surface area contributed by atoms with E-state index in [0.717, 1.165) is 12.1 Å². The lowest BCUT2D eigenvalue weighted by molar-refractivity contribution is -0.116. The van der Waals surface area contributed by atoms with E-state index in [1.54, 1.807) is 12.1 Å². The third-order valence-electron chi connectivity index (χ3n) is 3.47. The van der Waals surface area contributed by atoms with Crippen LogP contribution in [0.2, 0.25) is 0 Å². The smallest absolute Gasteiger partial charge is 0.229 e. The minimum atomic E-state index is -0.963. The SMILES string of the molecule is O=C(CCOc1ccccc1)Nc1ccc(Nc2ccc(F)c(F)c2)nn1. The molecule has 0 unspecified atom stereocenters. The second-order valence-electron chi connectivity index (χ2n) is 5.52. The zero-order valence-electron chi connectivity index (χ0n) is 14.2. The molecule has 27 heavy (non-hydrogen) atoms. The highest BCUT2D eigenvalue weighted by Gasteiger charge is 2.06. The predicted octanol–water partition coefficient (Wildman–Crippen LogP) is 3.91. The Labute approximate surface area is 154 Å². The third kappa shape index (κ3) is 5.46. The van der Waals surface area contributed by atoms with E-state index in [1.807, 2.05) is 30.3 Å². The fraction of sp³-hybridized carbons (Fsp3) is 0.105. The first-order valence-corrected chi connectivity index (χ1v) is 8.14. The van der Waals surface area contributed by atoms with Gasteiger partial charge in [0, 0.05) is 11.8 Å². The number of carbonyl (C=O) groups excluding carboxylic acids is 1. The van der Waals surface area contributed by atoms with Crippen LogP contribution in [0.4, 0.5) is 26.1 Å². The molecule has 1 heterocycles. The van der Waals surface area contributed by atoms with Gasteiger partial charge in [0.15, 0.2) is 23.3 Å². The lowest BCUT2D eigenvalue weighted by Crippen LogP contribution is -2.16. The number of ether oxygens (including phenoxy) is 1. The molecule has 1 aromatic heterocycles. The van der Waals surface area contributed by atoms with Crippen molar-refractivity contribution < 1.29 is 18.3 Å². The number of carbonyl (C=O) groups is 1. The molecule has 0 aliphatic heterocycles. The van der Waals surface area contributed by atoms with Crippen LogP contribution in [0.3, 0.4) is 0 Å². The molecule has 0 aliphatic rings. The van der Waals surface area contributed by atoms with E-state index in [9.17, 15) is 13.6 Å². The van der Waals surface area contributed by atoms with Crippen LogP contribution in [-0.2, 0) is 4.79 Å². The summed E-state index contributed by atoms with van der Waals surface area (Å²) >= 11 is 0. The minimum absolute atomic E-state index is 0.158. The van der Waals surface area contributed by atoms with Gasteiger partial charge in [-0.2, -0.15) is 0 Å². The Morgan fingerprint density at radius 3 is 2.37 bits per heavy atom. The van der Waals surface area contributed by atoms with Gasteiger partial charge in [-0.25, -0.2) is 8.78 Å². The highest BCUT2D eigenvalue weighted by molar-refractivity contribution is 5.89. The summed E-state index contributed by atoms with van der Waals surface area (Å²) in [5.41, 5.74) is 0.332. The summed E-state index contributed by atoms with van der Waals surface area (Å²) < 4.78 is 31.6. The van der Waals surface area contributed by atoms with E-state index in [1.165, 1.54) is 6.07 Å². The van der Waals surface area contributed by atoms with E-state index in [4.69, 9.17) is 4.74 Å². The van der Waals surface area contributed by atoms with Crippen molar-refractivity contribution in [2.24, 2.45) is 0 Å². The molecule has 0 spiro atoms. The predicted molar refractivity (Wildman–Crippen MR) is 96.9 cm³/mol. The minimum Gasteiger partial charge on any atom is -0.493 e. The maximum atomic E-state index is 13.2. The first kappa shape index (κ1) is 18.2. The van der Waals surface area contributed by atoms with Gasteiger partial charge in [-0.15, -0.1) is 10.2 Å². The number of rotatable bonds is 7. The summed E-state index contributed by atoms with van der Waals surface area (Å²) in [6, 6.07) is 15.7. The van der Waals surface area contributed by atoms with Gasteiger partial charge in [-0.1, -0.05) is 18.2 Å². The molecule has 0 bridgehead atoms. The summed E-state index contributed by atoms with van der Waals surface area (Å²) in [5, 5.41) is 13.1. The fourth-order valence-corrected chi connectivity index (χ4v) is 2.17. The van der Waals surface area contributed by atoms with Gasteiger partial charge < -0.3 is 15.4 Å². The van der Waals surface area contributed by atoms with E-state index < -0.39 is 11.6 Å². The lowest BCUT2D eigenvalue weighted by Gasteiger charge is -2.08. The molecule has 0 saturated heterocycles. The first-order chi connectivity index (χ1) is 13.1. The molecule has 0 fully saturated rings. The van der Waals surface area contributed by atoms with Crippen LogP contribution < -0.4 is 15.4 Å². The highest BCUT2D eigenvalue weighted by atomic mass is 19.2. The zero-order valence-corrected chi connectivity index (χ0v) is 14.2. The molecule has 0 atom stereocenters. The number of nitrogens with zero attached hydrogens (tertiary/aromatic N) is 2. The summed E-state index contributed by atoms with van der Waals surface area (Å²) in [4.78, 5) is 11.9. The standard InChI is InChI=1S/C19H16F2N4O2/c20-15-7-6-13(12-16(15)21)22-17-8-9-18(25-24-17)23-19(26)10-11-27-14-4-2-1-3-5-14/h1-9,12H,10-11H2,(H,22,24)(H,23,25,26). The molecular formula is C19H16F2N4O2. The Kier molecular flexibility index (Phi) is 5.88. The number of para-hydroxylation sites is 1. The molecule has 2 N–H and O–H groups in total. The van der Waals surface area contributed by atoms with Gasteiger partial charge in [0.05, 0.1) is 13.0 Å². The Morgan fingerprint density at radius 2 is 1.67 bits per heavy atom. The molecule has 6 nitrogen and oxygen atoms in total. The Hall–Kier alpha value is -3.55. The lowest BCUT2D eigenvalue weighted by atomic mass is 10.3. The van der Waals surface area contributed by atoms with Gasteiger partial charge in [-0.3, -0.25) is 4.79 Å². The maximum absolute atomic E-state index is 13.2. The largest absolute Gasteiger partial charge is 0.493 e. The number of hydrogen-bond acceptors (Lipinski definition) is 5. The van der Waals surface area contributed by atoms with Crippen LogP contribution in [0.25, 0.3) is 0 Å². The summed E-state index contributed by atoms with van der Waals surface area (Å²) in [6.45, 7) is 0.235. The number of hydrogen-bond donors (Lipinski definition) is 2. The normalized spacial score (nSPS) is 10.3. The van der Waals surface area contributed by atoms with Gasteiger partial charge in [-0.05, 0) is 36.4 Å². The van der Waals surface area contributed by atoms with Crippen LogP contribution in [0.5, 0.6) is 5.75 Å². The molecule has 2 aromatic carbocycles. The van der Waals surface area contributed by atoms with Gasteiger partial charge in [0.2, 0.25) is 5.91 Å². The number of amides is 1. The van der Waals surface area contributed by atoms with Gasteiger partial charge >= 0.3 is 0 Å². The maximum Gasteiger partial charge on any atom is 0.229 e. The molecule has 0 aliphatic carbocycles. The Balaban J connectivity index is 1.48. The van der Waals surface area contributed by atoms with Gasteiger partial charge in [0.1, 0.15) is 5.75 Å². The molecule has 138 valence electrons. The van der Waals surface area contributed by atoms with Crippen molar-refractivity contribution in [2.45, 2.75) is 6.42 Å². The molecule has 0 saturated carbocycles. The number of nitrogens with one attached hydrogen (secondary N) is 2. The monoisotopic (exact) mass is 370 g/mol. The van der Waals surface area contributed by atoms with E-state index in [2.05, 4.69) is 20.8 Å². The zero-order chi connectivity index (χ0) is 19.1. The second kappa shape index (κ2) is 8.70. The van der Waals surface area contributed by atoms with Crippen molar-refractivity contribution >= 4 is 23.2 Å². The summed E-state index contributed by atoms with van der Waals surface area (Å²) in [7, 11) is 0. The molecule has 3 aromatic rings. The van der Waals surface area contributed by atoms with Crippen molar-refractivity contribution in [3.63, 3.8) is 0 Å². The molecule has 3 rings (SSSR count). The van der Waals surface area contributed by atoms with Crippen molar-refractivity contribution in [2.75, 3.05) is 17.2 Å². The number of benzene rings is 2. The van der Waals surface area contributed by atoms with E-state index in [0.29, 0.717) is 17.3 Å². The highest BCUT2D eigenvalue weighted by Crippen LogP contribution is 2.17. The van der Waals surface area contributed by atoms with Crippen molar-refractivity contribution in [3.05, 3.63) is 72.3 Å². The number of anilines is 3. The first-order valence-electron chi connectivity index (χ1n) is 8.14. The van der Waals surface area contributed by atoms with Crippen LogP contribution in [-0.4, -0.2) is 22.7 Å². The van der Waals surface area contributed by atoms with E-state index in [-0.39, 0.29) is 24.8 Å². The van der Waals surface area contributed by atoms with E-state index >= 15 is 0 Å². The third-order valence-corrected chi connectivity index (χ3v) is 3.47. The Bertz CT molecular complexity index is 905. The summed E-state index contributed by atoms with van der Waals surface area (Å²) in [6.07, 6.45) is 0.158. The average Bonchev–Trinajstić information content (AvgIpc) is 2.67. The number of halogens is 2.